The second-order valence-electron chi connectivity index (χ2n) is 5.68. The Balaban J connectivity index is 2.25. The fourth-order valence-electron chi connectivity index (χ4n) is 2.91. The van der Waals surface area contributed by atoms with Crippen molar-refractivity contribution < 1.29 is 14.2 Å². The second-order valence-corrected chi connectivity index (χ2v) is 5.68. The van der Waals surface area contributed by atoms with E-state index < -0.39 is 5.56 Å². The maximum atomic E-state index is 12.5. The molecule has 27 heavy (non-hydrogen) atoms. The van der Waals surface area contributed by atoms with Crippen LogP contribution in [0.4, 0.5) is 0 Å². The molecule has 0 saturated carbocycles. The topological polar surface area (TPSA) is 84.3 Å². The first-order chi connectivity index (χ1) is 13.1. The number of benzene rings is 2. The normalized spacial score (nSPS) is 10.1. The van der Waals surface area contributed by atoms with Crippen molar-refractivity contribution in [1.29, 1.82) is 5.26 Å². The van der Waals surface area contributed by atoms with Crippen LogP contribution in [0.25, 0.3) is 22.4 Å². The van der Waals surface area contributed by atoms with Gasteiger partial charge in [0.05, 0.1) is 21.3 Å². The molecule has 0 aliphatic rings. The van der Waals surface area contributed by atoms with Gasteiger partial charge in [0.25, 0.3) is 5.56 Å². The third-order valence-electron chi connectivity index (χ3n) is 4.24. The van der Waals surface area contributed by atoms with Crippen molar-refractivity contribution in [2.75, 3.05) is 21.3 Å². The zero-order chi connectivity index (χ0) is 19.4. The van der Waals surface area contributed by atoms with Gasteiger partial charge in [-0.3, -0.25) is 4.79 Å². The summed E-state index contributed by atoms with van der Waals surface area (Å²) in [5.41, 5.74) is 2.02. The SMILES string of the molecule is COc1ccc(-c2cc(-c3ccccc3OC)c(C#N)c(=O)[nH]2)cc1OC. The van der Waals surface area contributed by atoms with E-state index in [0.717, 1.165) is 5.56 Å². The largest absolute Gasteiger partial charge is 0.496 e. The summed E-state index contributed by atoms with van der Waals surface area (Å²) in [6.45, 7) is 0. The molecule has 3 rings (SSSR count). The molecule has 0 aliphatic carbocycles. The molecule has 136 valence electrons. The van der Waals surface area contributed by atoms with E-state index in [1.54, 1.807) is 45.6 Å². The van der Waals surface area contributed by atoms with Crippen LogP contribution >= 0.6 is 0 Å². The lowest BCUT2D eigenvalue weighted by Gasteiger charge is -2.13. The van der Waals surface area contributed by atoms with Gasteiger partial charge in [0, 0.05) is 22.4 Å². The van der Waals surface area contributed by atoms with Crippen LogP contribution in [0.2, 0.25) is 0 Å². The zero-order valence-electron chi connectivity index (χ0n) is 15.2. The maximum absolute atomic E-state index is 12.5. The van der Waals surface area contributed by atoms with Crippen LogP contribution in [0.1, 0.15) is 5.56 Å². The lowest BCUT2D eigenvalue weighted by molar-refractivity contribution is 0.355. The number of nitriles is 1. The number of aromatic nitrogens is 1. The number of rotatable bonds is 5. The van der Waals surface area contributed by atoms with Crippen molar-refractivity contribution >= 4 is 0 Å². The molecular formula is C21H18N2O4. The highest BCUT2D eigenvalue weighted by Gasteiger charge is 2.16. The fraction of sp³-hybridized carbons (Fsp3) is 0.143. The number of hydrogen-bond donors (Lipinski definition) is 1. The number of pyridine rings is 1. The van der Waals surface area contributed by atoms with Crippen molar-refractivity contribution in [3.8, 4) is 45.7 Å². The number of nitrogens with zero attached hydrogens (tertiary/aromatic N) is 1. The first kappa shape index (κ1) is 18.1. The Morgan fingerprint density at radius 1 is 0.852 bits per heavy atom. The third-order valence-corrected chi connectivity index (χ3v) is 4.24. The highest BCUT2D eigenvalue weighted by molar-refractivity contribution is 5.79. The van der Waals surface area contributed by atoms with Crippen LogP contribution in [0.5, 0.6) is 17.2 Å². The molecule has 3 aromatic rings. The van der Waals surface area contributed by atoms with Gasteiger partial charge in [-0.2, -0.15) is 5.26 Å². The maximum Gasteiger partial charge on any atom is 0.266 e. The summed E-state index contributed by atoms with van der Waals surface area (Å²) in [5, 5.41) is 9.49. The second kappa shape index (κ2) is 7.67. The monoisotopic (exact) mass is 362 g/mol. The van der Waals surface area contributed by atoms with Crippen LogP contribution in [0, 0.1) is 11.3 Å². The Labute approximate surface area is 156 Å². The predicted octanol–water partition coefficient (Wildman–Crippen LogP) is 3.61. The minimum Gasteiger partial charge on any atom is -0.496 e. The van der Waals surface area contributed by atoms with E-state index in [9.17, 15) is 10.1 Å². The lowest BCUT2D eigenvalue weighted by Crippen LogP contribution is -2.13. The third kappa shape index (κ3) is 3.35. The fourth-order valence-corrected chi connectivity index (χ4v) is 2.91. The van der Waals surface area contributed by atoms with Crippen molar-refractivity contribution in [2.24, 2.45) is 0 Å². The van der Waals surface area contributed by atoms with Gasteiger partial charge in [0.15, 0.2) is 11.5 Å². The molecule has 0 amide bonds. The molecule has 0 atom stereocenters. The summed E-state index contributed by atoms with van der Waals surface area (Å²) in [7, 11) is 4.65. The summed E-state index contributed by atoms with van der Waals surface area (Å²) < 4.78 is 16.0. The average Bonchev–Trinajstić information content (AvgIpc) is 2.72. The number of aromatic amines is 1. The van der Waals surface area contributed by atoms with Crippen LogP contribution in [-0.2, 0) is 0 Å². The van der Waals surface area contributed by atoms with Crippen LogP contribution in [0.15, 0.2) is 53.3 Å². The Morgan fingerprint density at radius 3 is 2.22 bits per heavy atom. The van der Waals surface area contributed by atoms with Crippen LogP contribution < -0.4 is 19.8 Å². The number of para-hydroxylation sites is 1. The summed E-state index contributed by atoms with van der Waals surface area (Å²) in [6, 6.07) is 16.3. The van der Waals surface area contributed by atoms with Crippen molar-refractivity contribution in [3.63, 3.8) is 0 Å². The molecule has 6 nitrogen and oxygen atoms in total. The van der Waals surface area contributed by atoms with Crippen LogP contribution in [-0.4, -0.2) is 26.3 Å². The Morgan fingerprint density at radius 2 is 1.56 bits per heavy atom. The Hall–Kier alpha value is -3.72. The molecule has 2 aromatic carbocycles. The summed E-state index contributed by atoms with van der Waals surface area (Å²) in [4.78, 5) is 15.3. The quantitative estimate of drug-likeness (QED) is 0.749. The smallest absolute Gasteiger partial charge is 0.266 e. The minimum atomic E-state index is -0.467. The molecule has 0 bridgehead atoms. The Kier molecular flexibility index (Phi) is 5.13. The van der Waals surface area contributed by atoms with E-state index in [1.807, 2.05) is 30.3 Å². The van der Waals surface area contributed by atoms with Crippen molar-refractivity contribution in [1.82, 2.24) is 4.98 Å². The van der Waals surface area contributed by atoms with Gasteiger partial charge in [-0.1, -0.05) is 18.2 Å². The predicted molar refractivity (Wildman–Crippen MR) is 102 cm³/mol. The number of methoxy groups -OCH3 is 3. The number of nitrogens with one attached hydrogen (secondary N) is 1. The zero-order valence-corrected chi connectivity index (χ0v) is 15.2. The lowest BCUT2D eigenvalue weighted by atomic mass is 9.98. The molecule has 0 unspecified atom stereocenters. The molecule has 1 aromatic heterocycles. The number of H-pyrrole nitrogens is 1. The molecule has 0 spiro atoms. The van der Waals surface area contributed by atoms with Gasteiger partial charge in [-0.15, -0.1) is 0 Å². The molecule has 6 heteroatoms. The van der Waals surface area contributed by atoms with E-state index in [-0.39, 0.29) is 5.56 Å². The first-order valence-corrected chi connectivity index (χ1v) is 8.16. The molecular weight excluding hydrogens is 344 g/mol. The van der Waals surface area contributed by atoms with Crippen molar-refractivity contribution in [3.05, 3.63) is 64.4 Å². The molecule has 0 fully saturated rings. The number of ether oxygens (including phenoxy) is 3. The van der Waals surface area contributed by atoms with Gasteiger partial charge in [0.1, 0.15) is 17.4 Å². The summed E-state index contributed by atoms with van der Waals surface area (Å²) in [6.07, 6.45) is 0. The molecule has 0 aliphatic heterocycles. The van der Waals surface area contributed by atoms with Crippen LogP contribution in [0.3, 0.4) is 0 Å². The van der Waals surface area contributed by atoms with Gasteiger partial charge >= 0.3 is 0 Å². The van der Waals surface area contributed by atoms with Gasteiger partial charge in [-0.25, -0.2) is 0 Å². The standard InChI is InChI=1S/C21H18N2O4/c1-25-18-7-5-4-6-14(18)15-11-17(23-21(24)16(15)12-22)13-8-9-19(26-2)20(10-13)27-3/h4-11H,1-3H3,(H,23,24). The Bertz CT molecular complexity index is 1080. The van der Waals surface area contributed by atoms with Gasteiger partial charge in [0.2, 0.25) is 0 Å². The highest BCUT2D eigenvalue weighted by atomic mass is 16.5. The minimum absolute atomic E-state index is 0.0312. The molecule has 0 saturated heterocycles. The summed E-state index contributed by atoms with van der Waals surface area (Å²) in [5.74, 6) is 1.71. The van der Waals surface area contributed by atoms with E-state index in [4.69, 9.17) is 14.2 Å². The molecule has 1 heterocycles. The van der Waals surface area contributed by atoms with E-state index in [0.29, 0.717) is 34.1 Å². The summed E-state index contributed by atoms with van der Waals surface area (Å²) >= 11 is 0. The van der Waals surface area contributed by atoms with E-state index in [2.05, 4.69) is 4.98 Å². The highest BCUT2D eigenvalue weighted by Crippen LogP contribution is 2.35. The van der Waals surface area contributed by atoms with Gasteiger partial charge < -0.3 is 19.2 Å². The van der Waals surface area contributed by atoms with E-state index >= 15 is 0 Å². The molecule has 1 N–H and O–H groups in total. The van der Waals surface area contributed by atoms with E-state index in [1.165, 1.54) is 0 Å². The average molecular weight is 362 g/mol. The molecule has 0 radical (unpaired) electrons. The van der Waals surface area contributed by atoms with Gasteiger partial charge in [-0.05, 0) is 30.3 Å². The first-order valence-electron chi connectivity index (χ1n) is 8.16. The van der Waals surface area contributed by atoms with Crippen molar-refractivity contribution in [2.45, 2.75) is 0 Å². The number of hydrogen-bond acceptors (Lipinski definition) is 5.